The van der Waals surface area contributed by atoms with E-state index < -0.39 is 0 Å². The van der Waals surface area contributed by atoms with E-state index in [0.29, 0.717) is 11.5 Å². The summed E-state index contributed by atoms with van der Waals surface area (Å²) in [6.45, 7) is 15.4. The number of aryl methyl sites for hydroxylation is 2. The van der Waals surface area contributed by atoms with Crippen LogP contribution in [0.1, 0.15) is 79.8 Å². The number of rotatable bonds is 11. The van der Waals surface area contributed by atoms with Crippen LogP contribution < -0.4 is 10.1 Å². The first-order valence-corrected chi connectivity index (χ1v) is 13.6. The quantitative estimate of drug-likeness (QED) is 0.173. The maximum atomic E-state index is 12.5. The summed E-state index contributed by atoms with van der Waals surface area (Å²) >= 11 is 0. The van der Waals surface area contributed by atoms with Crippen LogP contribution in [0.5, 0.6) is 5.75 Å². The fraction of sp³-hybridized carbons (Fsp3) is 0.394. The molecular formula is C33H42N4O2. The van der Waals surface area contributed by atoms with Crippen LogP contribution in [0.25, 0.3) is 11.1 Å². The molecule has 3 rings (SSSR count). The Balaban J connectivity index is 1.80. The van der Waals surface area contributed by atoms with Crippen LogP contribution in [-0.2, 0) is 5.41 Å². The van der Waals surface area contributed by atoms with Gasteiger partial charge in [0.15, 0.2) is 0 Å². The third kappa shape index (κ3) is 8.09. The van der Waals surface area contributed by atoms with Crippen LogP contribution >= 0.6 is 0 Å². The SMILES string of the molecule is Cc1cc(OC(CC(C)C)c2ccc(C(=O)NCC(=N)CN=N)cc2)cc(C)c1-c1ccc(C(C)(C)C)cc1. The second-order valence-corrected chi connectivity index (χ2v) is 11.7. The molecule has 0 fully saturated rings. The highest BCUT2D eigenvalue weighted by Crippen LogP contribution is 2.35. The molecule has 0 radical (unpaired) electrons. The molecule has 6 nitrogen and oxygen atoms in total. The summed E-state index contributed by atoms with van der Waals surface area (Å²) in [5.41, 5.74) is 14.8. The Morgan fingerprint density at radius 3 is 2.08 bits per heavy atom. The van der Waals surface area contributed by atoms with Crippen molar-refractivity contribution in [3.63, 3.8) is 0 Å². The van der Waals surface area contributed by atoms with Crippen molar-refractivity contribution in [3.05, 3.63) is 88.5 Å². The maximum absolute atomic E-state index is 12.5. The van der Waals surface area contributed by atoms with Crippen LogP contribution in [0.15, 0.2) is 65.8 Å². The molecule has 6 heteroatoms. The molecule has 0 aromatic heterocycles. The molecule has 3 aromatic carbocycles. The van der Waals surface area contributed by atoms with Crippen LogP contribution in [0, 0.1) is 30.7 Å². The maximum Gasteiger partial charge on any atom is 0.251 e. The van der Waals surface area contributed by atoms with Crippen molar-refractivity contribution in [2.45, 2.75) is 66.4 Å². The van der Waals surface area contributed by atoms with Gasteiger partial charge < -0.3 is 15.5 Å². The van der Waals surface area contributed by atoms with Gasteiger partial charge in [0.05, 0.1) is 18.8 Å². The van der Waals surface area contributed by atoms with E-state index in [2.05, 4.69) is 95.3 Å². The summed E-state index contributed by atoms with van der Waals surface area (Å²) < 4.78 is 6.58. The molecule has 3 N–H and O–H groups in total. The molecule has 0 aliphatic rings. The number of amides is 1. The first kappa shape index (κ1) is 29.8. The van der Waals surface area contributed by atoms with Gasteiger partial charge in [-0.2, -0.15) is 5.11 Å². The molecular weight excluding hydrogens is 484 g/mol. The number of carbonyl (C=O) groups is 1. The second kappa shape index (κ2) is 12.8. The van der Waals surface area contributed by atoms with Crippen molar-refractivity contribution in [3.8, 4) is 16.9 Å². The van der Waals surface area contributed by atoms with E-state index in [4.69, 9.17) is 15.7 Å². The molecule has 206 valence electrons. The smallest absolute Gasteiger partial charge is 0.251 e. The fourth-order valence-corrected chi connectivity index (χ4v) is 4.72. The number of benzene rings is 3. The fourth-order valence-electron chi connectivity index (χ4n) is 4.72. The number of nitrogens with zero attached hydrogens (tertiary/aromatic N) is 1. The van der Waals surface area contributed by atoms with Crippen molar-refractivity contribution < 1.29 is 9.53 Å². The zero-order valence-corrected chi connectivity index (χ0v) is 24.3. The van der Waals surface area contributed by atoms with Gasteiger partial charge in [0, 0.05) is 5.56 Å². The third-order valence-corrected chi connectivity index (χ3v) is 6.79. The summed E-state index contributed by atoms with van der Waals surface area (Å²) in [5.74, 6) is 1.01. The van der Waals surface area contributed by atoms with Crippen molar-refractivity contribution >= 4 is 11.6 Å². The molecule has 1 atom stereocenters. The second-order valence-electron chi connectivity index (χ2n) is 11.7. The zero-order valence-electron chi connectivity index (χ0n) is 24.3. The van der Waals surface area contributed by atoms with Gasteiger partial charge in [-0.1, -0.05) is 71.0 Å². The Bertz CT molecular complexity index is 1280. The van der Waals surface area contributed by atoms with Gasteiger partial charge in [-0.3, -0.25) is 4.79 Å². The number of nitrogens with one attached hydrogen (secondary N) is 3. The lowest BCUT2D eigenvalue weighted by molar-refractivity contribution is 0.0959. The predicted molar refractivity (Wildman–Crippen MR) is 159 cm³/mol. The topological polar surface area (TPSA) is 98.4 Å². The van der Waals surface area contributed by atoms with Gasteiger partial charge in [0.25, 0.3) is 5.91 Å². The molecule has 0 saturated heterocycles. The molecule has 0 aliphatic carbocycles. The number of hydrogen-bond acceptors (Lipinski definition) is 5. The molecule has 3 aromatic rings. The van der Waals surface area contributed by atoms with Crippen molar-refractivity contribution in [2.75, 3.05) is 13.1 Å². The Labute approximate surface area is 233 Å². The van der Waals surface area contributed by atoms with Gasteiger partial charge in [-0.25, -0.2) is 5.53 Å². The molecule has 1 unspecified atom stereocenters. The molecule has 0 heterocycles. The summed E-state index contributed by atoms with van der Waals surface area (Å²) in [4.78, 5) is 12.5. The summed E-state index contributed by atoms with van der Waals surface area (Å²) in [6, 6.07) is 20.6. The highest BCUT2D eigenvalue weighted by atomic mass is 16.5. The largest absolute Gasteiger partial charge is 0.486 e. The Morgan fingerprint density at radius 1 is 0.974 bits per heavy atom. The van der Waals surface area contributed by atoms with E-state index in [1.165, 1.54) is 27.8 Å². The molecule has 0 bridgehead atoms. The Kier molecular flexibility index (Phi) is 9.79. The van der Waals surface area contributed by atoms with Crippen molar-refractivity contribution in [1.29, 1.82) is 10.9 Å². The van der Waals surface area contributed by atoms with Crippen LogP contribution in [-0.4, -0.2) is 24.7 Å². The molecule has 0 aliphatic heterocycles. The average Bonchev–Trinajstić information content (AvgIpc) is 2.86. The third-order valence-electron chi connectivity index (χ3n) is 6.79. The Hall–Kier alpha value is -3.80. The van der Waals surface area contributed by atoms with Gasteiger partial charge in [-0.15, -0.1) is 0 Å². The lowest BCUT2D eigenvalue weighted by Crippen LogP contribution is -2.30. The van der Waals surface area contributed by atoms with Crippen LogP contribution in [0.3, 0.4) is 0 Å². The van der Waals surface area contributed by atoms with E-state index >= 15 is 0 Å². The lowest BCUT2D eigenvalue weighted by Gasteiger charge is -2.23. The van der Waals surface area contributed by atoms with E-state index in [1.54, 1.807) is 12.1 Å². The van der Waals surface area contributed by atoms with Gasteiger partial charge in [-0.05, 0) is 89.2 Å². The van der Waals surface area contributed by atoms with E-state index in [9.17, 15) is 4.79 Å². The number of ether oxygens (including phenoxy) is 1. The van der Waals surface area contributed by atoms with Gasteiger partial charge in [0.2, 0.25) is 0 Å². The first-order valence-electron chi connectivity index (χ1n) is 13.6. The molecule has 39 heavy (non-hydrogen) atoms. The predicted octanol–water partition coefficient (Wildman–Crippen LogP) is 8.21. The van der Waals surface area contributed by atoms with Crippen molar-refractivity contribution in [1.82, 2.24) is 5.32 Å². The van der Waals surface area contributed by atoms with Crippen LogP contribution in [0.2, 0.25) is 0 Å². The zero-order chi connectivity index (χ0) is 28.7. The highest BCUT2D eigenvalue weighted by molar-refractivity contribution is 5.97. The lowest BCUT2D eigenvalue weighted by atomic mass is 9.85. The van der Waals surface area contributed by atoms with Gasteiger partial charge >= 0.3 is 0 Å². The standard InChI is InChI=1S/C33H42N4O2/c1-21(2)16-30(24-8-10-26(11-9-24)32(38)36-19-28(34)20-37-35)39-29-17-22(3)31(23(4)18-29)25-12-14-27(15-13-25)33(5,6)7/h8-15,17-18,21,30,34-35H,16,19-20H2,1-7H3,(H,36,38). The van der Waals surface area contributed by atoms with Crippen molar-refractivity contribution in [2.24, 2.45) is 11.0 Å². The van der Waals surface area contributed by atoms with E-state index in [0.717, 1.165) is 17.7 Å². The summed E-state index contributed by atoms with van der Waals surface area (Å²) in [7, 11) is 0. The average molecular weight is 527 g/mol. The normalized spacial score (nSPS) is 12.2. The minimum absolute atomic E-state index is 0.00313. The Morgan fingerprint density at radius 2 is 1.56 bits per heavy atom. The molecule has 1 amide bonds. The first-order chi connectivity index (χ1) is 18.4. The minimum Gasteiger partial charge on any atom is -0.486 e. The highest BCUT2D eigenvalue weighted by Gasteiger charge is 2.19. The monoisotopic (exact) mass is 526 g/mol. The molecule has 0 saturated carbocycles. The van der Waals surface area contributed by atoms with E-state index in [-0.39, 0.29) is 36.2 Å². The molecule has 0 spiro atoms. The van der Waals surface area contributed by atoms with Gasteiger partial charge in [0.1, 0.15) is 11.9 Å². The number of carbonyl (C=O) groups excluding carboxylic acids is 1. The number of hydrogen-bond donors (Lipinski definition) is 3. The summed E-state index contributed by atoms with van der Waals surface area (Å²) in [6.07, 6.45) is 0.692. The summed E-state index contributed by atoms with van der Waals surface area (Å²) in [5, 5.41) is 13.6. The van der Waals surface area contributed by atoms with E-state index in [1.807, 2.05) is 12.1 Å². The van der Waals surface area contributed by atoms with Crippen LogP contribution in [0.4, 0.5) is 0 Å². The minimum atomic E-state index is -0.255.